The monoisotopic (exact) mass is 388 g/mol. The highest BCUT2D eigenvalue weighted by Crippen LogP contribution is 2.22. The van der Waals surface area contributed by atoms with Crippen molar-refractivity contribution in [2.24, 2.45) is 0 Å². The molecule has 0 amide bonds. The molecule has 3 heterocycles. The Balaban J connectivity index is 1.19. The van der Waals surface area contributed by atoms with Gasteiger partial charge in [-0.05, 0) is 38.2 Å². The van der Waals surface area contributed by atoms with Gasteiger partial charge >= 0.3 is 0 Å². The number of piperazine rings is 1. The number of benzene rings is 1. The lowest BCUT2D eigenvalue weighted by molar-refractivity contribution is 0.246. The van der Waals surface area contributed by atoms with Crippen LogP contribution >= 0.6 is 0 Å². The first-order valence-electron chi connectivity index (χ1n) is 10.7. The van der Waals surface area contributed by atoms with Gasteiger partial charge in [-0.1, -0.05) is 29.8 Å². The van der Waals surface area contributed by atoms with Crippen LogP contribution in [0.4, 0.5) is 5.95 Å². The van der Waals surface area contributed by atoms with E-state index in [-0.39, 0.29) is 0 Å². The molecule has 5 rings (SSSR count). The zero-order valence-electron chi connectivity index (χ0n) is 17.1. The molecule has 6 nitrogen and oxygen atoms in total. The summed E-state index contributed by atoms with van der Waals surface area (Å²) >= 11 is 0. The van der Waals surface area contributed by atoms with E-state index in [0.29, 0.717) is 0 Å². The Morgan fingerprint density at radius 1 is 0.931 bits per heavy atom. The van der Waals surface area contributed by atoms with Gasteiger partial charge < -0.3 is 9.88 Å². The molecule has 0 atom stereocenters. The number of aromatic amines is 1. The second-order valence-electron chi connectivity index (χ2n) is 8.24. The number of nitrogens with one attached hydrogen (secondary N) is 1. The van der Waals surface area contributed by atoms with Crippen molar-refractivity contribution in [1.82, 2.24) is 24.8 Å². The summed E-state index contributed by atoms with van der Waals surface area (Å²) in [6.45, 7) is 6.97. The lowest BCUT2D eigenvalue weighted by atomic mass is 9.98. The number of hydrogen-bond acceptors (Lipinski definition) is 5. The zero-order valence-corrected chi connectivity index (χ0v) is 17.1. The van der Waals surface area contributed by atoms with E-state index in [1.54, 1.807) is 0 Å². The van der Waals surface area contributed by atoms with Crippen molar-refractivity contribution in [3.63, 3.8) is 0 Å². The number of H-pyrrole nitrogens is 1. The van der Waals surface area contributed by atoms with Gasteiger partial charge in [-0.15, -0.1) is 0 Å². The largest absolute Gasteiger partial charge is 0.341 e. The average molecular weight is 389 g/mol. The maximum absolute atomic E-state index is 4.87. The minimum atomic E-state index is 0.901. The summed E-state index contributed by atoms with van der Waals surface area (Å²) in [4.78, 5) is 22.4. The summed E-state index contributed by atoms with van der Waals surface area (Å²) in [7, 11) is 0. The fourth-order valence-electron chi connectivity index (χ4n) is 4.26. The summed E-state index contributed by atoms with van der Waals surface area (Å²) in [6.07, 6.45) is 8.79. The fraction of sp³-hybridized carbons (Fsp3) is 0.435. The van der Waals surface area contributed by atoms with E-state index >= 15 is 0 Å². The number of fused-ring (bicyclic) bond motifs is 1. The van der Waals surface area contributed by atoms with Crippen molar-refractivity contribution in [3.05, 3.63) is 59.2 Å². The molecule has 2 aromatic heterocycles. The van der Waals surface area contributed by atoms with E-state index < -0.39 is 0 Å². The first kappa shape index (κ1) is 18.3. The molecule has 29 heavy (non-hydrogen) atoms. The minimum absolute atomic E-state index is 0.901. The summed E-state index contributed by atoms with van der Waals surface area (Å²) < 4.78 is 0. The van der Waals surface area contributed by atoms with Gasteiger partial charge in [0.05, 0.1) is 0 Å². The Hall–Kier alpha value is -2.73. The second kappa shape index (κ2) is 7.95. The third kappa shape index (κ3) is 4.03. The number of aryl methyl sites for hydroxylation is 3. The Bertz CT molecular complexity index is 969. The van der Waals surface area contributed by atoms with Crippen LogP contribution < -0.4 is 4.90 Å². The molecule has 0 spiro atoms. The number of hydrogen-bond donors (Lipinski definition) is 1. The molecule has 1 aliphatic carbocycles. The fourth-order valence-corrected chi connectivity index (χ4v) is 4.26. The average Bonchev–Trinajstić information content (AvgIpc) is 3.23. The van der Waals surface area contributed by atoms with Crippen LogP contribution in [0.25, 0.3) is 11.4 Å². The molecule has 2 aliphatic rings. The van der Waals surface area contributed by atoms with Crippen LogP contribution in [0.15, 0.2) is 36.7 Å². The molecule has 0 radical (unpaired) electrons. The summed E-state index contributed by atoms with van der Waals surface area (Å²) in [6, 6.07) is 8.49. The maximum atomic E-state index is 4.87. The van der Waals surface area contributed by atoms with E-state index in [1.165, 1.54) is 35.4 Å². The van der Waals surface area contributed by atoms with E-state index in [4.69, 9.17) is 4.98 Å². The predicted molar refractivity (Wildman–Crippen MR) is 115 cm³/mol. The van der Waals surface area contributed by atoms with Crippen LogP contribution in [-0.4, -0.2) is 51.0 Å². The number of aromatic nitrogens is 4. The minimum Gasteiger partial charge on any atom is -0.341 e. The predicted octanol–water partition coefficient (Wildman–Crippen LogP) is 3.38. The molecular weight excluding hydrogens is 360 g/mol. The van der Waals surface area contributed by atoms with Crippen LogP contribution in [0.5, 0.6) is 0 Å². The van der Waals surface area contributed by atoms with Crippen molar-refractivity contribution >= 4 is 5.95 Å². The van der Waals surface area contributed by atoms with Crippen LogP contribution in [0, 0.1) is 6.92 Å². The Labute approximate surface area is 172 Å². The Morgan fingerprint density at radius 3 is 2.55 bits per heavy atom. The van der Waals surface area contributed by atoms with E-state index in [1.807, 2.05) is 6.20 Å². The third-order valence-corrected chi connectivity index (χ3v) is 6.05. The molecule has 150 valence electrons. The smallest absolute Gasteiger partial charge is 0.225 e. The molecule has 0 unspecified atom stereocenters. The van der Waals surface area contributed by atoms with Crippen molar-refractivity contribution in [3.8, 4) is 11.4 Å². The van der Waals surface area contributed by atoms with Crippen LogP contribution in [-0.2, 0) is 19.4 Å². The van der Waals surface area contributed by atoms with Gasteiger partial charge in [0, 0.05) is 62.1 Å². The highest BCUT2D eigenvalue weighted by atomic mass is 15.3. The molecule has 1 N–H and O–H groups in total. The number of nitrogens with zero attached hydrogens (tertiary/aromatic N) is 5. The molecule has 1 saturated heterocycles. The van der Waals surface area contributed by atoms with Crippen molar-refractivity contribution < 1.29 is 0 Å². The van der Waals surface area contributed by atoms with Crippen molar-refractivity contribution in [2.75, 3.05) is 31.1 Å². The molecule has 1 aliphatic heterocycles. The lowest BCUT2D eigenvalue weighted by Gasteiger charge is -2.34. The van der Waals surface area contributed by atoms with Gasteiger partial charge in [-0.25, -0.2) is 15.0 Å². The maximum Gasteiger partial charge on any atom is 0.225 e. The zero-order chi connectivity index (χ0) is 19.6. The van der Waals surface area contributed by atoms with Crippen LogP contribution in [0.3, 0.4) is 0 Å². The van der Waals surface area contributed by atoms with Crippen LogP contribution in [0.1, 0.15) is 35.4 Å². The number of imidazole rings is 1. The van der Waals surface area contributed by atoms with E-state index in [0.717, 1.165) is 62.9 Å². The Morgan fingerprint density at radius 2 is 1.72 bits per heavy atom. The molecule has 6 heteroatoms. The second-order valence-corrected chi connectivity index (χ2v) is 8.24. The highest BCUT2D eigenvalue weighted by Gasteiger charge is 2.21. The number of anilines is 1. The van der Waals surface area contributed by atoms with Crippen molar-refractivity contribution in [1.29, 1.82) is 0 Å². The first-order valence-corrected chi connectivity index (χ1v) is 10.7. The first-order chi connectivity index (χ1) is 14.2. The summed E-state index contributed by atoms with van der Waals surface area (Å²) in [5, 5.41) is 0. The lowest BCUT2D eigenvalue weighted by Crippen LogP contribution is -2.46. The van der Waals surface area contributed by atoms with Crippen LogP contribution in [0.2, 0.25) is 0 Å². The number of rotatable bonds is 4. The molecule has 0 saturated carbocycles. The van der Waals surface area contributed by atoms with E-state index in [2.05, 4.69) is 62.1 Å². The normalized spacial score (nSPS) is 17.3. The van der Waals surface area contributed by atoms with Gasteiger partial charge in [-0.2, -0.15) is 0 Å². The van der Waals surface area contributed by atoms with Gasteiger partial charge in [0.15, 0.2) is 0 Å². The van der Waals surface area contributed by atoms with Gasteiger partial charge in [0.2, 0.25) is 5.95 Å². The highest BCUT2D eigenvalue weighted by molar-refractivity contribution is 5.55. The SMILES string of the molecule is Cc1ccc(-c2ncc(CN3CCN(c4ncc5c(n4)CCCC5)CC3)[nH]2)cc1. The summed E-state index contributed by atoms with van der Waals surface area (Å²) in [5.41, 5.74) is 6.18. The van der Waals surface area contributed by atoms with Gasteiger partial charge in [0.1, 0.15) is 5.82 Å². The molecular formula is C23H28N6. The topological polar surface area (TPSA) is 60.9 Å². The Kier molecular flexibility index (Phi) is 5.02. The standard InChI is InChI=1S/C23H28N6/c1-17-6-8-18(9-7-17)22-24-15-20(26-22)16-28-10-12-29(13-11-28)23-25-14-19-4-2-3-5-21(19)27-23/h6-9,14-15H,2-5,10-13,16H2,1H3,(H,24,26). The quantitative estimate of drug-likeness (QED) is 0.742. The molecule has 1 aromatic carbocycles. The molecule has 1 fully saturated rings. The van der Waals surface area contributed by atoms with Gasteiger partial charge in [-0.3, -0.25) is 4.90 Å². The molecule has 0 bridgehead atoms. The van der Waals surface area contributed by atoms with E-state index in [9.17, 15) is 0 Å². The third-order valence-electron chi connectivity index (χ3n) is 6.05. The molecule has 3 aromatic rings. The van der Waals surface area contributed by atoms with Crippen molar-refractivity contribution in [2.45, 2.75) is 39.2 Å². The van der Waals surface area contributed by atoms with Gasteiger partial charge in [0.25, 0.3) is 0 Å². The summed E-state index contributed by atoms with van der Waals surface area (Å²) in [5.74, 6) is 1.86.